The first-order valence-corrected chi connectivity index (χ1v) is 21.6. The molecule has 4 heteroatoms. The van der Waals surface area contributed by atoms with Gasteiger partial charge in [-0.2, -0.15) is 0 Å². The molecule has 1 unspecified atom stereocenters. The summed E-state index contributed by atoms with van der Waals surface area (Å²) in [5.74, 6) is 1.69. The van der Waals surface area contributed by atoms with Gasteiger partial charge in [0, 0.05) is 67.6 Å². The van der Waals surface area contributed by atoms with Crippen molar-refractivity contribution in [2.75, 3.05) is 4.90 Å². The summed E-state index contributed by atoms with van der Waals surface area (Å²) in [6, 6.07) is 78.9. The van der Waals surface area contributed by atoms with E-state index in [2.05, 4.69) is 216 Å². The van der Waals surface area contributed by atoms with Crippen LogP contribution < -0.4 is 9.64 Å². The fourth-order valence-electron chi connectivity index (χ4n) is 11.1. The van der Waals surface area contributed by atoms with Gasteiger partial charge in [-0.1, -0.05) is 140 Å². The Bertz CT molecular complexity index is 3850. The molecule has 4 nitrogen and oxygen atoms in total. The van der Waals surface area contributed by atoms with Crippen molar-refractivity contribution in [1.29, 1.82) is 0 Å². The third-order valence-corrected chi connectivity index (χ3v) is 13.6. The molecule has 14 rings (SSSR count). The van der Waals surface area contributed by atoms with Crippen LogP contribution in [0.5, 0.6) is 11.5 Å². The fourth-order valence-corrected chi connectivity index (χ4v) is 11.1. The van der Waals surface area contributed by atoms with Crippen LogP contribution in [0.2, 0.25) is 0 Å². The Kier molecular flexibility index (Phi) is 7.01. The highest BCUT2D eigenvalue weighted by Crippen LogP contribution is 2.61. The van der Waals surface area contributed by atoms with Gasteiger partial charge < -0.3 is 18.6 Å². The van der Waals surface area contributed by atoms with Crippen LogP contribution in [0.3, 0.4) is 0 Å². The molecule has 10 aromatic carbocycles. The van der Waals surface area contributed by atoms with E-state index in [-0.39, 0.29) is 0 Å². The van der Waals surface area contributed by atoms with Crippen LogP contribution in [0.1, 0.15) is 22.3 Å². The number of para-hydroxylation sites is 4. The average molecular weight is 805 g/mol. The second-order valence-corrected chi connectivity index (χ2v) is 16.8. The zero-order valence-electron chi connectivity index (χ0n) is 34.0. The van der Waals surface area contributed by atoms with E-state index in [0.29, 0.717) is 0 Å². The van der Waals surface area contributed by atoms with E-state index in [0.717, 1.165) is 72.8 Å². The second kappa shape index (κ2) is 12.8. The Hall–Kier alpha value is -8.34. The van der Waals surface area contributed by atoms with Crippen molar-refractivity contribution in [3.05, 3.63) is 241 Å². The van der Waals surface area contributed by atoms with Crippen LogP contribution in [-0.4, -0.2) is 4.57 Å². The predicted octanol–water partition coefficient (Wildman–Crippen LogP) is 15.8. The van der Waals surface area contributed by atoms with E-state index in [1.54, 1.807) is 0 Å². The molecule has 0 N–H and O–H groups in total. The van der Waals surface area contributed by atoms with Gasteiger partial charge in [0.1, 0.15) is 22.7 Å². The van der Waals surface area contributed by atoms with E-state index in [1.807, 2.05) is 12.1 Å². The average Bonchev–Trinajstić information content (AvgIpc) is 3.88. The van der Waals surface area contributed by atoms with Crippen molar-refractivity contribution < 1.29 is 9.15 Å². The zero-order valence-corrected chi connectivity index (χ0v) is 34.0. The number of fused-ring (bicyclic) bond motifs is 14. The number of rotatable bonds is 4. The van der Waals surface area contributed by atoms with E-state index in [1.165, 1.54) is 49.3 Å². The largest absolute Gasteiger partial charge is 0.457 e. The lowest BCUT2D eigenvalue weighted by molar-refractivity contribution is 0.435. The van der Waals surface area contributed by atoms with E-state index >= 15 is 0 Å². The van der Waals surface area contributed by atoms with Crippen molar-refractivity contribution in [3.63, 3.8) is 0 Å². The van der Waals surface area contributed by atoms with Crippen LogP contribution in [0.4, 0.5) is 17.1 Å². The topological polar surface area (TPSA) is 30.5 Å². The van der Waals surface area contributed by atoms with Gasteiger partial charge >= 0.3 is 0 Å². The third-order valence-electron chi connectivity index (χ3n) is 13.6. The molecule has 63 heavy (non-hydrogen) atoms. The molecule has 294 valence electrons. The molecule has 12 aromatic rings. The summed E-state index contributed by atoms with van der Waals surface area (Å²) in [7, 11) is 0. The highest BCUT2D eigenvalue weighted by molar-refractivity contribution is 6.11. The number of hydrogen-bond acceptors (Lipinski definition) is 3. The van der Waals surface area contributed by atoms with Crippen molar-refractivity contribution >= 4 is 71.6 Å². The molecule has 2 aliphatic rings. The fraction of sp³-hybridized carbons (Fsp3) is 0.0169. The first-order valence-electron chi connectivity index (χ1n) is 21.6. The monoisotopic (exact) mass is 804 g/mol. The van der Waals surface area contributed by atoms with Gasteiger partial charge in [-0.15, -0.1) is 0 Å². The number of furan rings is 1. The molecule has 0 bridgehead atoms. The molecule has 1 aliphatic carbocycles. The number of ether oxygens (including phenoxy) is 1. The van der Waals surface area contributed by atoms with Crippen LogP contribution in [0.25, 0.3) is 71.3 Å². The van der Waals surface area contributed by atoms with Gasteiger partial charge in [0.2, 0.25) is 0 Å². The summed E-state index contributed by atoms with van der Waals surface area (Å²) >= 11 is 0. The first kappa shape index (κ1) is 34.4. The van der Waals surface area contributed by atoms with Crippen LogP contribution >= 0.6 is 0 Å². The maximum absolute atomic E-state index is 7.11. The minimum atomic E-state index is -0.622. The first-order chi connectivity index (χ1) is 31.2. The molecule has 1 aliphatic heterocycles. The summed E-state index contributed by atoms with van der Waals surface area (Å²) in [4.78, 5) is 2.35. The van der Waals surface area contributed by atoms with Gasteiger partial charge in [0.05, 0.1) is 16.4 Å². The lowest BCUT2D eigenvalue weighted by Gasteiger charge is -2.45. The molecule has 0 radical (unpaired) electrons. The molecular weight excluding hydrogens is 769 g/mol. The van der Waals surface area contributed by atoms with E-state index in [9.17, 15) is 0 Å². The standard InChI is InChI=1S/C59H36N2O2/c1-2-16-38(17-3-1)61-52-25-9-5-19-43(52)47-34-39(30-33-53(47)61)60(40-28-31-45-44-20-6-10-26-54(44)62-56(45)35-40)41-29-32-50-57(36-41)63-55-27-11-8-23-49(55)59(50)48-22-7-4-18-42(48)46-21-12-14-37-15-13-24-51(59)58(37)46/h1-36H. The molecule has 0 saturated heterocycles. The highest BCUT2D eigenvalue weighted by atomic mass is 16.5. The second-order valence-electron chi connectivity index (χ2n) is 16.8. The quantitative estimate of drug-likeness (QED) is 0.178. The Morgan fingerprint density at radius 1 is 0.381 bits per heavy atom. The summed E-state index contributed by atoms with van der Waals surface area (Å²) in [6.45, 7) is 0. The van der Waals surface area contributed by atoms with Crippen LogP contribution in [0, 0.1) is 0 Å². The zero-order chi connectivity index (χ0) is 41.2. The molecule has 3 heterocycles. The van der Waals surface area contributed by atoms with Gasteiger partial charge in [0.25, 0.3) is 0 Å². The summed E-state index contributed by atoms with van der Waals surface area (Å²) < 4.78 is 16.0. The van der Waals surface area contributed by atoms with Gasteiger partial charge in [-0.3, -0.25) is 0 Å². The smallest absolute Gasteiger partial charge is 0.137 e. The maximum atomic E-state index is 7.11. The molecule has 0 fully saturated rings. The maximum Gasteiger partial charge on any atom is 0.137 e. The molecule has 2 aromatic heterocycles. The van der Waals surface area contributed by atoms with Crippen molar-refractivity contribution in [2.24, 2.45) is 0 Å². The summed E-state index contributed by atoms with van der Waals surface area (Å²) in [5, 5.41) is 7.09. The van der Waals surface area contributed by atoms with Crippen LogP contribution in [-0.2, 0) is 5.41 Å². The van der Waals surface area contributed by atoms with E-state index in [4.69, 9.17) is 9.15 Å². The minimum absolute atomic E-state index is 0.622. The molecule has 0 amide bonds. The highest BCUT2D eigenvalue weighted by Gasteiger charge is 2.49. The Morgan fingerprint density at radius 2 is 1.02 bits per heavy atom. The number of nitrogens with zero attached hydrogens (tertiary/aromatic N) is 2. The van der Waals surface area contributed by atoms with Gasteiger partial charge in [-0.05, 0) is 99.8 Å². The summed E-state index contributed by atoms with van der Waals surface area (Å²) in [6.07, 6.45) is 0. The van der Waals surface area contributed by atoms with Crippen LogP contribution in [0.15, 0.2) is 223 Å². The molecule has 1 atom stereocenters. The number of benzene rings is 10. The van der Waals surface area contributed by atoms with Crippen molar-refractivity contribution in [2.45, 2.75) is 5.41 Å². The van der Waals surface area contributed by atoms with Gasteiger partial charge in [0.15, 0.2) is 0 Å². The minimum Gasteiger partial charge on any atom is -0.457 e. The van der Waals surface area contributed by atoms with Gasteiger partial charge in [-0.25, -0.2) is 0 Å². The molecule has 0 saturated carbocycles. The predicted molar refractivity (Wildman–Crippen MR) is 258 cm³/mol. The van der Waals surface area contributed by atoms with E-state index < -0.39 is 5.41 Å². The number of hydrogen-bond donors (Lipinski definition) is 0. The lowest BCUT2D eigenvalue weighted by Crippen LogP contribution is -2.36. The molecule has 1 spiro atoms. The van der Waals surface area contributed by atoms with Crippen molar-refractivity contribution in [3.8, 4) is 28.3 Å². The Labute approximate surface area is 363 Å². The lowest BCUT2D eigenvalue weighted by atomic mass is 9.58. The number of anilines is 3. The SMILES string of the molecule is c1ccc(-n2c3ccccc3c3cc(N(c4ccc5c(c4)Oc4ccccc4C54c5ccccc5-c5cccc6cccc4c56)c4ccc5c(c4)oc4ccccc45)ccc32)cc1. The van der Waals surface area contributed by atoms with Crippen molar-refractivity contribution in [1.82, 2.24) is 4.57 Å². The number of aromatic nitrogens is 1. The Balaban J connectivity index is 1.03. The normalized spacial score (nSPS) is 14.9. The Morgan fingerprint density at radius 3 is 1.94 bits per heavy atom. The molecular formula is C59H36N2O2. The summed E-state index contributed by atoms with van der Waals surface area (Å²) in [5.41, 5.74) is 14.8. The third kappa shape index (κ3) is 4.69.